The van der Waals surface area contributed by atoms with E-state index in [1.54, 1.807) is 36.4 Å². The largest absolute Gasteiger partial charge is 0.452 e. The van der Waals surface area contributed by atoms with Crippen molar-refractivity contribution in [3.63, 3.8) is 0 Å². The van der Waals surface area contributed by atoms with Gasteiger partial charge in [0.15, 0.2) is 11.5 Å². The van der Waals surface area contributed by atoms with E-state index in [9.17, 15) is 4.79 Å². The number of benzene rings is 2. The van der Waals surface area contributed by atoms with E-state index in [1.807, 2.05) is 0 Å². The van der Waals surface area contributed by atoms with Crippen LogP contribution in [-0.4, -0.2) is 24.0 Å². The van der Waals surface area contributed by atoms with Crippen molar-refractivity contribution in [2.75, 3.05) is 13.1 Å². The Bertz CT molecular complexity index is 779. The van der Waals surface area contributed by atoms with Crippen molar-refractivity contribution < 1.29 is 14.3 Å². The van der Waals surface area contributed by atoms with Crippen LogP contribution < -0.4 is 9.47 Å². The van der Waals surface area contributed by atoms with Gasteiger partial charge in [-0.2, -0.15) is 0 Å². The van der Waals surface area contributed by atoms with Crippen LogP contribution in [0.4, 0.5) is 0 Å². The topological polar surface area (TPSA) is 38.8 Å². The van der Waals surface area contributed by atoms with E-state index in [2.05, 4.69) is 25.7 Å². The second-order valence-corrected chi connectivity index (χ2v) is 6.60. The lowest BCUT2D eigenvalue weighted by atomic mass is 10.1. The number of halogens is 3. The molecule has 0 saturated carbocycles. The number of para-hydroxylation sites is 2. The number of ether oxygens (including phenoxy) is 2. The van der Waals surface area contributed by atoms with Crippen molar-refractivity contribution in [1.82, 2.24) is 4.90 Å². The highest BCUT2D eigenvalue weighted by Gasteiger charge is 2.22. The normalized spacial score (nSPS) is 11.7. The molecular formula is C20H24Cl3NO3. The van der Waals surface area contributed by atoms with Crippen LogP contribution in [0.2, 0.25) is 10.0 Å². The summed E-state index contributed by atoms with van der Waals surface area (Å²) in [5.74, 6) is 0.793. The molecule has 0 N–H and O–H groups in total. The van der Waals surface area contributed by atoms with Crippen LogP contribution in [0.25, 0.3) is 0 Å². The van der Waals surface area contributed by atoms with E-state index in [0.29, 0.717) is 27.3 Å². The summed E-state index contributed by atoms with van der Waals surface area (Å²) >= 11 is 13.1. The average molecular weight is 433 g/mol. The van der Waals surface area contributed by atoms with Gasteiger partial charge in [0.25, 0.3) is 0 Å². The molecule has 2 rings (SSSR count). The Morgan fingerprint density at radius 1 is 1.04 bits per heavy atom. The number of rotatable bonds is 7. The van der Waals surface area contributed by atoms with Crippen LogP contribution in [-0.2, 0) is 4.79 Å². The van der Waals surface area contributed by atoms with Crippen LogP contribution >= 0.6 is 35.6 Å². The summed E-state index contributed by atoms with van der Waals surface area (Å²) in [6, 6.07) is 10.5. The minimum atomic E-state index is -0.418. The van der Waals surface area contributed by atoms with Crippen molar-refractivity contribution in [2.45, 2.75) is 33.7 Å². The van der Waals surface area contributed by atoms with Gasteiger partial charge in [-0.25, -0.2) is 0 Å². The van der Waals surface area contributed by atoms with Gasteiger partial charge in [-0.05, 0) is 44.3 Å². The molecule has 2 aromatic rings. The summed E-state index contributed by atoms with van der Waals surface area (Å²) < 4.78 is 11.1. The molecule has 0 radical (unpaired) electrons. The van der Waals surface area contributed by atoms with Crippen LogP contribution in [0.15, 0.2) is 36.4 Å². The third-order valence-electron chi connectivity index (χ3n) is 4.19. The van der Waals surface area contributed by atoms with Gasteiger partial charge >= 0.3 is 5.97 Å². The summed E-state index contributed by atoms with van der Waals surface area (Å²) in [7, 11) is 0. The predicted molar refractivity (Wildman–Crippen MR) is 113 cm³/mol. The minimum absolute atomic E-state index is 0. The molecule has 0 fully saturated rings. The molecule has 1 atom stereocenters. The zero-order valence-corrected chi connectivity index (χ0v) is 18.1. The molecule has 0 aliphatic heterocycles. The number of carbonyl (C=O) groups is 1. The van der Waals surface area contributed by atoms with Crippen LogP contribution in [0, 0.1) is 0 Å². The van der Waals surface area contributed by atoms with E-state index < -0.39 is 5.97 Å². The Hall–Kier alpha value is -1.46. The molecule has 148 valence electrons. The van der Waals surface area contributed by atoms with Crippen molar-refractivity contribution in [3.8, 4) is 17.2 Å². The molecule has 4 nitrogen and oxygen atoms in total. The van der Waals surface area contributed by atoms with Crippen LogP contribution in [0.3, 0.4) is 0 Å². The maximum absolute atomic E-state index is 11.3. The van der Waals surface area contributed by atoms with Gasteiger partial charge in [-0.15, -0.1) is 12.4 Å². The number of hydrogen-bond donors (Lipinski definition) is 0. The number of nitrogens with zero attached hydrogens (tertiary/aromatic N) is 1. The molecule has 7 heteroatoms. The molecule has 27 heavy (non-hydrogen) atoms. The first-order chi connectivity index (χ1) is 12.4. The highest BCUT2D eigenvalue weighted by atomic mass is 35.5. The molecule has 1 unspecified atom stereocenters. The molecule has 0 aromatic heterocycles. The maximum Gasteiger partial charge on any atom is 0.308 e. The molecular weight excluding hydrogens is 409 g/mol. The first-order valence-electron chi connectivity index (χ1n) is 8.56. The zero-order valence-electron chi connectivity index (χ0n) is 15.8. The van der Waals surface area contributed by atoms with Gasteiger partial charge in [0.05, 0.1) is 5.02 Å². The maximum atomic E-state index is 11.3. The van der Waals surface area contributed by atoms with Crippen molar-refractivity contribution in [2.24, 2.45) is 0 Å². The van der Waals surface area contributed by atoms with Crippen molar-refractivity contribution in [3.05, 3.63) is 52.0 Å². The lowest BCUT2D eigenvalue weighted by molar-refractivity contribution is -0.131. The Morgan fingerprint density at radius 2 is 1.63 bits per heavy atom. The summed E-state index contributed by atoms with van der Waals surface area (Å²) in [4.78, 5) is 13.5. The smallest absolute Gasteiger partial charge is 0.308 e. The van der Waals surface area contributed by atoms with E-state index in [0.717, 1.165) is 18.7 Å². The third kappa shape index (κ3) is 5.76. The molecule has 0 aliphatic rings. The first-order valence-corrected chi connectivity index (χ1v) is 9.31. The Morgan fingerprint density at radius 3 is 2.19 bits per heavy atom. The highest BCUT2D eigenvalue weighted by Crippen LogP contribution is 2.42. The molecule has 0 bridgehead atoms. The van der Waals surface area contributed by atoms with Crippen molar-refractivity contribution >= 4 is 41.6 Å². The lowest BCUT2D eigenvalue weighted by Crippen LogP contribution is -2.26. The summed E-state index contributed by atoms with van der Waals surface area (Å²) in [5.41, 5.74) is 0.819. The summed E-state index contributed by atoms with van der Waals surface area (Å²) in [6.45, 7) is 9.36. The van der Waals surface area contributed by atoms with Gasteiger partial charge in [0.1, 0.15) is 5.75 Å². The average Bonchev–Trinajstić information content (AvgIpc) is 2.59. The Kier molecular flexibility index (Phi) is 9.40. The first kappa shape index (κ1) is 23.6. The molecule has 0 amide bonds. The highest BCUT2D eigenvalue weighted by molar-refractivity contribution is 6.37. The van der Waals surface area contributed by atoms with Gasteiger partial charge in [-0.1, -0.05) is 49.2 Å². The second-order valence-electron chi connectivity index (χ2n) is 5.81. The van der Waals surface area contributed by atoms with Crippen molar-refractivity contribution in [1.29, 1.82) is 0 Å². The standard InChI is InChI=1S/C20H23Cl2NO3.ClH/c1-5-23(6-2)13(3)19-15(21)11-12-18(20(19)22)26-17-10-8-7-9-16(17)25-14(4)24;/h7-13H,5-6H2,1-4H3;1H. The SMILES string of the molecule is CCN(CC)C(C)c1c(Cl)ccc(Oc2ccccc2OC(C)=O)c1Cl.Cl. The monoisotopic (exact) mass is 431 g/mol. The quantitative estimate of drug-likeness (QED) is 0.368. The molecule has 0 saturated heterocycles. The van der Waals surface area contributed by atoms with Gasteiger partial charge in [0.2, 0.25) is 0 Å². The molecule has 0 aliphatic carbocycles. The number of carbonyl (C=O) groups excluding carboxylic acids is 1. The predicted octanol–water partition coefficient (Wildman–Crippen LogP) is 6.54. The van der Waals surface area contributed by atoms with E-state index in [4.69, 9.17) is 32.7 Å². The number of hydrogen-bond acceptors (Lipinski definition) is 4. The van der Waals surface area contributed by atoms with E-state index >= 15 is 0 Å². The molecule has 0 heterocycles. The minimum Gasteiger partial charge on any atom is -0.452 e. The number of esters is 1. The fraction of sp³-hybridized carbons (Fsp3) is 0.350. The Labute approximate surface area is 176 Å². The second kappa shape index (κ2) is 10.8. The zero-order chi connectivity index (χ0) is 19.3. The van der Waals surface area contributed by atoms with Gasteiger partial charge < -0.3 is 9.47 Å². The van der Waals surface area contributed by atoms with Crippen LogP contribution in [0.5, 0.6) is 17.2 Å². The third-order valence-corrected chi connectivity index (χ3v) is 4.91. The molecule has 0 spiro atoms. The fourth-order valence-corrected chi connectivity index (χ4v) is 3.58. The summed E-state index contributed by atoms with van der Waals surface area (Å²) in [5, 5.41) is 1.05. The summed E-state index contributed by atoms with van der Waals surface area (Å²) in [6.07, 6.45) is 0. The fourth-order valence-electron chi connectivity index (χ4n) is 2.86. The van der Waals surface area contributed by atoms with Gasteiger partial charge in [0, 0.05) is 23.6 Å². The Balaban J connectivity index is 0.00000364. The van der Waals surface area contributed by atoms with Gasteiger partial charge in [-0.3, -0.25) is 9.69 Å². The molecule has 2 aromatic carbocycles. The lowest BCUT2D eigenvalue weighted by Gasteiger charge is -2.28. The van der Waals surface area contributed by atoms with E-state index in [-0.39, 0.29) is 18.4 Å². The van der Waals surface area contributed by atoms with E-state index in [1.165, 1.54) is 6.92 Å². The van der Waals surface area contributed by atoms with Crippen LogP contribution in [0.1, 0.15) is 39.3 Å².